The molecule has 1 heterocycles. The second kappa shape index (κ2) is 5.66. The molecule has 0 bridgehead atoms. The lowest BCUT2D eigenvalue weighted by atomic mass is 9.89. The van der Waals surface area contributed by atoms with Crippen LogP contribution in [0.25, 0.3) is 0 Å². The van der Waals surface area contributed by atoms with E-state index in [1.54, 1.807) is 6.08 Å². The molecule has 19 heavy (non-hydrogen) atoms. The van der Waals surface area contributed by atoms with E-state index in [-0.39, 0.29) is 5.60 Å². The Hall–Kier alpha value is -1.48. The number of ether oxygens (including phenoxy) is 2. The van der Waals surface area contributed by atoms with Crippen LogP contribution in [-0.4, -0.2) is 18.8 Å². The van der Waals surface area contributed by atoms with Crippen molar-refractivity contribution >= 4 is 0 Å². The fraction of sp³-hybridized carbons (Fsp3) is 0.500. The summed E-state index contributed by atoms with van der Waals surface area (Å²) in [7, 11) is 0. The third kappa shape index (κ3) is 3.29. The van der Waals surface area contributed by atoms with Gasteiger partial charge < -0.3 is 14.8 Å². The molecule has 1 aromatic rings. The fourth-order valence-corrected chi connectivity index (χ4v) is 2.51. The maximum atomic E-state index is 6.07. The smallest absolute Gasteiger partial charge is 0.128 e. The van der Waals surface area contributed by atoms with Gasteiger partial charge in [0.1, 0.15) is 23.7 Å². The van der Waals surface area contributed by atoms with Crippen molar-refractivity contribution in [2.75, 3.05) is 13.2 Å². The van der Waals surface area contributed by atoms with Gasteiger partial charge in [0.05, 0.1) is 0 Å². The Morgan fingerprint density at radius 2 is 2.32 bits per heavy atom. The zero-order valence-corrected chi connectivity index (χ0v) is 12.0. The summed E-state index contributed by atoms with van der Waals surface area (Å²) in [5.41, 5.74) is 1.06. The van der Waals surface area contributed by atoms with Crippen LogP contribution in [0.15, 0.2) is 30.9 Å². The Morgan fingerprint density at radius 1 is 1.53 bits per heavy atom. The van der Waals surface area contributed by atoms with Crippen LogP contribution in [0, 0.1) is 0 Å². The highest BCUT2D eigenvalue weighted by molar-refractivity contribution is 5.44. The summed E-state index contributed by atoms with van der Waals surface area (Å²) >= 11 is 0. The van der Waals surface area contributed by atoms with Gasteiger partial charge >= 0.3 is 0 Å². The molecule has 0 saturated carbocycles. The lowest BCUT2D eigenvalue weighted by molar-refractivity contribution is 0.0661. The Kier molecular flexibility index (Phi) is 4.15. The number of fused-ring (bicyclic) bond motifs is 1. The van der Waals surface area contributed by atoms with Crippen molar-refractivity contribution < 1.29 is 9.47 Å². The molecule has 0 fully saturated rings. The van der Waals surface area contributed by atoms with Crippen LogP contribution < -0.4 is 14.8 Å². The van der Waals surface area contributed by atoms with Crippen LogP contribution in [-0.2, 0) is 0 Å². The zero-order valence-electron chi connectivity index (χ0n) is 12.0. The van der Waals surface area contributed by atoms with E-state index in [0.29, 0.717) is 12.6 Å². The number of benzene rings is 1. The number of nitrogens with one attached hydrogen (secondary N) is 1. The lowest BCUT2D eigenvalue weighted by Crippen LogP contribution is -2.39. The van der Waals surface area contributed by atoms with E-state index in [1.807, 2.05) is 12.1 Å². The first-order valence-corrected chi connectivity index (χ1v) is 6.86. The van der Waals surface area contributed by atoms with Gasteiger partial charge in [0.2, 0.25) is 0 Å². The molecule has 0 radical (unpaired) electrons. The van der Waals surface area contributed by atoms with Crippen LogP contribution >= 0.6 is 0 Å². The van der Waals surface area contributed by atoms with E-state index in [4.69, 9.17) is 9.47 Å². The Bertz CT molecular complexity index is 454. The number of hydrogen-bond donors (Lipinski definition) is 1. The van der Waals surface area contributed by atoms with E-state index in [2.05, 4.69) is 38.7 Å². The van der Waals surface area contributed by atoms with Crippen LogP contribution in [0.2, 0.25) is 0 Å². The quantitative estimate of drug-likeness (QED) is 0.823. The van der Waals surface area contributed by atoms with Gasteiger partial charge in [-0.25, -0.2) is 0 Å². The largest absolute Gasteiger partial charge is 0.489 e. The summed E-state index contributed by atoms with van der Waals surface area (Å²) in [4.78, 5) is 0. The minimum atomic E-state index is -0.156. The normalized spacial score (nSPS) is 20.3. The molecule has 2 rings (SSSR count). The van der Waals surface area contributed by atoms with Gasteiger partial charge in [0.15, 0.2) is 0 Å². The van der Waals surface area contributed by atoms with Crippen LogP contribution in [0.5, 0.6) is 11.5 Å². The molecule has 3 nitrogen and oxygen atoms in total. The maximum Gasteiger partial charge on any atom is 0.128 e. The second-order valence-corrected chi connectivity index (χ2v) is 5.48. The molecule has 1 N–H and O–H groups in total. The van der Waals surface area contributed by atoms with E-state index in [9.17, 15) is 0 Å². The van der Waals surface area contributed by atoms with Crippen molar-refractivity contribution in [3.8, 4) is 11.5 Å². The molecule has 0 aliphatic carbocycles. The first-order valence-electron chi connectivity index (χ1n) is 6.86. The Morgan fingerprint density at radius 3 is 3.00 bits per heavy atom. The van der Waals surface area contributed by atoms with Crippen LogP contribution in [0.4, 0.5) is 0 Å². The standard InChI is InChI=1S/C16H23NO2/c1-5-9-18-12-7-8-13-14(17-6-2)11-16(3,4)19-15(13)10-12/h5,7-8,10,14,17H,1,6,9,11H2,2-4H3. The molecule has 0 saturated heterocycles. The Balaban J connectivity index is 2.28. The van der Waals surface area contributed by atoms with Crippen molar-refractivity contribution in [2.45, 2.75) is 38.8 Å². The summed E-state index contributed by atoms with van der Waals surface area (Å²) in [5.74, 6) is 1.75. The molecule has 1 aliphatic heterocycles. The predicted octanol–water partition coefficient (Wildman–Crippen LogP) is 3.46. The molecule has 1 aliphatic rings. The third-order valence-corrected chi connectivity index (χ3v) is 3.26. The highest BCUT2D eigenvalue weighted by Gasteiger charge is 2.33. The molecular formula is C16H23NO2. The second-order valence-electron chi connectivity index (χ2n) is 5.48. The fourth-order valence-electron chi connectivity index (χ4n) is 2.51. The van der Waals surface area contributed by atoms with Gasteiger partial charge in [0.25, 0.3) is 0 Å². The predicted molar refractivity (Wildman–Crippen MR) is 77.9 cm³/mol. The lowest BCUT2D eigenvalue weighted by Gasteiger charge is -2.38. The van der Waals surface area contributed by atoms with E-state index < -0.39 is 0 Å². The van der Waals surface area contributed by atoms with Crippen molar-refractivity contribution in [1.29, 1.82) is 0 Å². The highest BCUT2D eigenvalue weighted by Crippen LogP contribution is 2.41. The van der Waals surface area contributed by atoms with Crippen LogP contribution in [0.1, 0.15) is 38.8 Å². The van der Waals surface area contributed by atoms with E-state index in [0.717, 1.165) is 24.5 Å². The van der Waals surface area contributed by atoms with Crippen molar-refractivity contribution in [3.05, 3.63) is 36.4 Å². The molecule has 1 unspecified atom stereocenters. The highest BCUT2D eigenvalue weighted by atomic mass is 16.5. The molecule has 1 atom stereocenters. The van der Waals surface area contributed by atoms with Crippen molar-refractivity contribution in [1.82, 2.24) is 5.32 Å². The van der Waals surface area contributed by atoms with Gasteiger partial charge in [0, 0.05) is 24.1 Å². The SMILES string of the molecule is C=CCOc1ccc2c(c1)OC(C)(C)CC2NCC. The minimum absolute atomic E-state index is 0.156. The van der Waals surface area contributed by atoms with Crippen molar-refractivity contribution in [3.63, 3.8) is 0 Å². The summed E-state index contributed by atoms with van der Waals surface area (Å²) in [6, 6.07) is 6.41. The van der Waals surface area contributed by atoms with Gasteiger partial charge in [-0.1, -0.05) is 25.6 Å². The number of rotatable bonds is 5. The summed E-state index contributed by atoms with van der Waals surface area (Å²) in [6.07, 6.45) is 2.71. The molecule has 0 amide bonds. The Labute approximate surface area is 115 Å². The maximum absolute atomic E-state index is 6.07. The van der Waals surface area contributed by atoms with Crippen molar-refractivity contribution in [2.24, 2.45) is 0 Å². The number of hydrogen-bond acceptors (Lipinski definition) is 3. The summed E-state index contributed by atoms with van der Waals surface area (Å²) in [6.45, 7) is 11.5. The zero-order chi connectivity index (χ0) is 13.9. The van der Waals surface area contributed by atoms with Gasteiger partial charge in [-0.15, -0.1) is 0 Å². The van der Waals surface area contributed by atoms with Gasteiger partial charge in [-0.05, 0) is 26.5 Å². The third-order valence-electron chi connectivity index (χ3n) is 3.26. The molecule has 3 heteroatoms. The molecule has 0 aromatic heterocycles. The van der Waals surface area contributed by atoms with E-state index in [1.165, 1.54) is 5.56 Å². The topological polar surface area (TPSA) is 30.5 Å². The summed E-state index contributed by atoms with van der Waals surface area (Å²) in [5, 5.41) is 3.52. The van der Waals surface area contributed by atoms with E-state index >= 15 is 0 Å². The average molecular weight is 261 g/mol. The molecular weight excluding hydrogens is 238 g/mol. The molecule has 104 valence electrons. The molecule has 1 aromatic carbocycles. The molecule has 0 spiro atoms. The first kappa shape index (κ1) is 13.9. The minimum Gasteiger partial charge on any atom is -0.489 e. The first-order chi connectivity index (χ1) is 9.05. The average Bonchev–Trinajstić information content (AvgIpc) is 2.35. The van der Waals surface area contributed by atoms with Gasteiger partial charge in [-0.2, -0.15) is 0 Å². The van der Waals surface area contributed by atoms with Crippen LogP contribution in [0.3, 0.4) is 0 Å². The van der Waals surface area contributed by atoms with Gasteiger partial charge in [-0.3, -0.25) is 0 Å². The summed E-state index contributed by atoms with van der Waals surface area (Å²) < 4.78 is 11.6. The monoisotopic (exact) mass is 261 g/mol.